The number of ether oxygens (including phenoxy) is 1. The van der Waals surface area contributed by atoms with Gasteiger partial charge in [-0.15, -0.1) is 0 Å². The molecule has 1 heterocycles. The molecule has 13 heavy (non-hydrogen) atoms. The molecule has 0 aromatic carbocycles. The Kier molecular flexibility index (Phi) is 3.62. The Labute approximate surface area is 81.0 Å². The van der Waals surface area contributed by atoms with E-state index in [1.165, 1.54) is 51.6 Å². The molecule has 0 atom stereocenters. The molecule has 2 heteroatoms. The summed E-state index contributed by atoms with van der Waals surface area (Å²) < 4.78 is 5.91. The first-order valence-corrected chi connectivity index (χ1v) is 5.77. The van der Waals surface area contributed by atoms with Gasteiger partial charge in [0.25, 0.3) is 0 Å². The van der Waals surface area contributed by atoms with E-state index in [-0.39, 0.29) is 0 Å². The van der Waals surface area contributed by atoms with E-state index in [9.17, 15) is 0 Å². The van der Waals surface area contributed by atoms with Crippen LogP contribution in [0, 0.1) is 5.92 Å². The highest BCUT2D eigenvalue weighted by Crippen LogP contribution is 2.22. The van der Waals surface area contributed by atoms with E-state index in [0.717, 1.165) is 12.5 Å². The molecule has 76 valence electrons. The number of hydrogen-bond donors (Lipinski definition) is 1. The van der Waals surface area contributed by atoms with E-state index in [0.29, 0.717) is 6.10 Å². The van der Waals surface area contributed by atoms with E-state index in [4.69, 9.17) is 4.74 Å². The first-order valence-electron chi connectivity index (χ1n) is 5.77. The molecule has 1 N–H and O–H groups in total. The van der Waals surface area contributed by atoms with Crippen molar-refractivity contribution >= 4 is 0 Å². The summed E-state index contributed by atoms with van der Waals surface area (Å²) in [5.74, 6) is 0.835. The summed E-state index contributed by atoms with van der Waals surface area (Å²) in [5.41, 5.74) is 0. The van der Waals surface area contributed by atoms with Gasteiger partial charge in [-0.05, 0) is 44.7 Å². The van der Waals surface area contributed by atoms with Crippen molar-refractivity contribution in [1.29, 1.82) is 0 Å². The van der Waals surface area contributed by atoms with Crippen molar-refractivity contribution in [2.45, 2.75) is 44.6 Å². The normalized spacial score (nSPS) is 26.8. The van der Waals surface area contributed by atoms with Crippen molar-refractivity contribution in [2.75, 3.05) is 19.7 Å². The minimum Gasteiger partial charge on any atom is -0.378 e. The van der Waals surface area contributed by atoms with Gasteiger partial charge in [0.15, 0.2) is 0 Å². The summed E-state index contributed by atoms with van der Waals surface area (Å²) in [6, 6.07) is 0. The third-order valence-corrected chi connectivity index (χ3v) is 3.33. The standard InChI is InChI=1S/C11H21NO/c1-2-4-11(3-1)13-9-10-5-7-12-8-6-10/h10-12H,1-9H2. The summed E-state index contributed by atoms with van der Waals surface area (Å²) in [6.45, 7) is 3.41. The quantitative estimate of drug-likeness (QED) is 0.722. The van der Waals surface area contributed by atoms with Gasteiger partial charge in [0.05, 0.1) is 6.10 Å². The van der Waals surface area contributed by atoms with Gasteiger partial charge < -0.3 is 10.1 Å². The number of piperidine rings is 1. The predicted octanol–water partition coefficient (Wildman–Crippen LogP) is 1.95. The molecular weight excluding hydrogens is 162 g/mol. The highest BCUT2D eigenvalue weighted by atomic mass is 16.5. The van der Waals surface area contributed by atoms with Gasteiger partial charge in [-0.1, -0.05) is 12.8 Å². The lowest BCUT2D eigenvalue weighted by molar-refractivity contribution is 0.0266. The SMILES string of the molecule is C1CCC(OCC2CCNCC2)C1. The number of nitrogens with one attached hydrogen (secondary N) is 1. The Balaban J connectivity index is 1.60. The monoisotopic (exact) mass is 183 g/mol. The molecule has 1 saturated carbocycles. The highest BCUT2D eigenvalue weighted by molar-refractivity contribution is 4.71. The number of rotatable bonds is 3. The van der Waals surface area contributed by atoms with E-state index >= 15 is 0 Å². The Morgan fingerprint density at radius 3 is 2.38 bits per heavy atom. The van der Waals surface area contributed by atoms with Crippen LogP contribution in [0.15, 0.2) is 0 Å². The molecule has 2 rings (SSSR count). The maximum absolute atomic E-state index is 5.91. The molecule has 1 aliphatic carbocycles. The minimum atomic E-state index is 0.606. The van der Waals surface area contributed by atoms with Crippen LogP contribution in [0.4, 0.5) is 0 Å². The van der Waals surface area contributed by atoms with Crippen molar-refractivity contribution in [2.24, 2.45) is 5.92 Å². The lowest BCUT2D eigenvalue weighted by Gasteiger charge is -2.23. The van der Waals surface area contributed by atoms with Crippen LogP contribution in [0.5, 0.6) is 0 Å². The molecule has 0 aromatic heterocycles. The zero-order valence-electron chi connectivity index (χ0n) is 8.43. The fourth-order valence-corrected chi connectivity index (χ4v) is 2.38. The third kappa shape index (κ3) is 2.96. The van der Waals surface area contributed by atoms with Crippen LogP contribution in [0.2, 0.25) is 0 Å². The smallest absolute Gasteiger partial charge is 0.0575 e. The van der Waals surface area contributed by atoms with Gasteiger partial charge in [-0.25, -0.2) is 0 Å². The molecule has 2 fully saturated rings. The first-order chi connectivity index (χ1) is 6.45. The summed E-state index contributed by atoms with van der Waals surface area (Å²) in [6.07, 6.45) is 8.62. The first kappa shape index (κ1) is 9.47. The Bertz CT molecular complexity index is 137. The van der Waals surface area contributed by atoms with Crippen LogP contribution in [-0.4, -0.2) is 25.8 Å². The molecule has 2 nitrogen and oxygen atoms in total. The van der Waals surface area contributed by atoms with Crippen molar-refractivity contribution in [1.82, 2.24) is 5.32 Å². The van der Waals surface area contributed by atoms with E-state index in [1.54, 1.807) is 0 Å². The topological polar surface area (TPSA) is 21.3 Å². The van der Waals surface area contributed by atoms with Gasteiger partial charge in [0, 0.05) is 6.61 Å². The second kappa shape index (κ2) is 4.97. The average molecular weight is 183 g/mol. The fraction of sp³-hybridized carbons (Fsp3) is 1.00. The Morgan fingerprint density at radius 2 is 1.69 bits per heavy atom. The molecule has 1 aliphatic heterocycles. The van der Waals surface area contributed by atoms with Crippen LogP contribution in [-0.2, 0) is 4.74 Å². The van der Waals surface area contributed by atoms with E-state index in [1.807, 2.05) is 0 Å². The lowest BCUT2D eigenvalue weighted by atomic mass is 9.99. The van der Waals surface area contributed by atoms with Crippen LogP contribution < -0.4 is 5.32 Å². The van der Waals surface area contributed by atoms with Gasteiger partial charge >= 0.3 is 0 Å². The maximum Gasteiger partial charge on any atom is 0.0575 e. The molecule has 0 spiro atoms. The molecule has 1 saturated heterocycles. The van der Waals surface area contributed by atoms with Crippen LogP contribution in [0.3, 0.4) is 0 Å². The van der Waals surface area contributed by atoms with Crippen LogP contribution in [0.1, 0.15) is 38.5 Å². The predicted molar refractivity (Wildman–Crippen MR) is 53.8 cm³/mol. The molecular formula is C11H21NO. The van der Waals surface area contributed by atoms with Gasteiger partial charge in [0.1, 0.15) is 0 Å². The Morgan fingerprint density at radius 1 is 1.00 bits per heavy atom. The molecule has 2 aliphatic rings. The van der Waals surface area contributed by atoms with Crippen molar-refractivity contribution in [3.63, 3.8) is 0 Å². The summed E-state index contributed by atoms with van der Waals surface area (Å²) >= 11 is 0. The van der Waals surface area contributed by atoms with Crippen LogP contribution in [0.25, 0.3) is 0 Å². The largest absolute Gasteiger partial charge is 0.378 e. The van der Waals surface area contributed by atoms with Crippen molar-refractivity contribution in [3.8, 4) is 0 Å². The molecule has 0 bridgehead atoms. The van der Waals surface area contributed by atoms with E-state index < -0.39 is 0 Å². The zero-order chi connectivity index (χ0) is 8.93. The summed E-state index contributed by atoms with van der Waals surface area (Å²) in [7, 11) is 0. The molecule has 0 aromatic rings. The van der Waals surface area contributed by atoms with Gasteiger partial charge in [-0.2, -0.15) is 0 Å². The lowest BCUT2D eigenvalue weighted by Crippen LogP contribution is -2.30. The average Bonchev–Trinajstić information content (AvgIpc) is 2.69. The summed E-state index contributed by atoms with van der Waals surface area (Å²) in [5, 5.41) is 3.39. The maximum atomic E-state index is 5.91. The molecule has 0 amide bonds. The fourth-order valence-electron chi connectivity index (χ4n) is 2.38. The minimum absolute atomic E-state index is 0.606. The van der Waals surface area contributed by atoms with Gasteiger partial charge in [0.2, 0.25) is 0 Å². The van der Waals surface area contributed by atoms with E-state index in [2.05, 4.69) is 5.32 Å². The van der Waals surface area contributed by atoms with Gasteiger partial charge in [-0.3, -0.25) is 0 Å². The number of hydrogen-bond acceptors (Lipinski definition) is 2. The van der Waals surface area contributed by atoms with Crippen LogP contribution >= 0.6 is 0 Å². The molecule has 0 radical (unpaired) electrons. The zero-order valence-corrected chi connectivity index (χ0v) is 8.43. The molecule has 0 unspecified atom stereocenters. The van der Waals surface area contributed by atoms with Crippen molar-refractivity contribution < 1.29 is 4.74 Å². The third-order valence-electron chi connectivity index (χ3n) is 3.33. The van der Waals surface area contributed by atoms with Crippen molar-refractivity contribution in [3.05, 3.63) is 0 Å². The second-order valence-electron chi connectivity index (χ2n) is 4.43. The summed E-state index contributed by atoms with van der Waals surface area (Å²) in [4.78, 5) is 0. The second-order valence-corrected chi connectivity index (χ2v) is 4.43. The highest BCUT2D eigenvalue weighted by Gasteiger charge is 2.18. The Hall–Kier alpha value is -0.0800.